The van der Waals surface area contributed by atoms with Crippen molar-refractivity contribution in [3.05, 3.63) is 36.0 Å². The van der Waals surface area contributed by atoms with E-state index in [0.29, 0.717) is 5.75 Å². The van der Waals surface area contributed by atoms with Crippen molar-refractivity contribution in [2.24, 2.45) is 0 Å². The van der Waals surface area contributed by atoms with Gasteiger partial charge in [0, 0.05) is 38.3 Å². The summed E-state index contributed by atoms with van der Waals surface area (Å²) in [7, 11) is 0. The summed E-state index contributed by atoms with van der Waals surface area (Å²) in [5, 5.41) is 13.5. The molecule has 2 aromatic rings. The van der Waals surface area contributed by atoms with E-state index in [1.807, 2.05) is 12.1 Å². The SMILES string of the molecule is CCCCc1noc([C@H](C)N2CCN(c3ccc(O)cc3)CC2)n1. The summed E-state index contributed by atoms with van der Waals surface area (Å²) in [6.45, 7) is 8.10. The van der Waals surface area contributed by atoms with Crippen LogP contribution in [-0.2, 0) is 6.42 Å². The number of piperazine rings is 1. The fraction of sp³-hybridized carbons (Fsp3) is 0.556. The summed E-state index contributed by atoms with van der Waals surface area (Å²) < 4.78 is 5.46. The van der Waals surface area contributed by atoms with Crippen LogP contribution < -0.4 is 4.90 Å². The molecule has 0 bridgehead atoms. The smallest absolute Gasteiger partial charge is 0.243 e. The molecule has 3 rings (SSSR count). The van der Waals surface area contributed by atoms with Crippen LogP contribution in [0.15, 0.2) is 28.8 Å². The Bertz CT molecular complexity index is 633. The normalized spacial score (nSPS) is 17.2. The lowest BCUT2D eigenvalue weighted by molar-refractivity contribution is 0.164. The van der Waals surface area contributed by atoms with Gasteiger partial charge in [0.05, 0.1) is 6.04 Å². The Morgan fingerprint density at radius 1 is 1.17 bits per heavy atom. The molecule has 1 N–H and O–H groups in total. The molecule has 1 aliphatic heterocycles. The van der Waals surface area contributed by atoms with Crippen molar-refractivity contribution in [1.29, 1.82) is 0 Å². The second kappa shape index (κ2) is 7.66. The maximum absolute atomic E-state index is 9.40. The van der Waals surface area contributed by atoms with Crippen LogP contribution in [0.3, 0.4) is 0 Å². The van der Waals surface area contributed by atoms with Crippen LogP contribution in [0.5, 0.6) is 5.75 Å². The standard InChI is InChI=1S/C18H26N4O2/c1-3-4-5-17-19-18(24-20-17)14(2)21-10-12-22(13-11-21)15-6-8-16(23)9-7-15/h6-9,14,23H,3-5,10-13H2,1-2H3/t14-/m0/s1. The molecule has 0 amide bonds. The predicted molar refractivity (Wildman–Crippen MR) is 93.2 cm³/mol. The summed E-state index contributed by atoms with van der Waals surface area (Å²) in [5.41, 5.74) is 1.15. The van der Waals surface area contributed by atoms with Crippen molar-refractivity contribution in [3.8, 4) is 5.75 Å². The van der Waals surface area contributed by atoms with Crippen LogP contribution >= 0.6 is 0 Å². The summed E-state index contributed by atoms with van der Waals surface area (Å²) in [4.78, 5) is 9.27. The van der Waals surface area contributed by atoms with E-state index in [1.165, 1.54) is 0 Å². The predicted octanol–water partition coefficient (Wildman–Crippen LogP) is 3.00. The second-order valence-electron chi connectivity index (χ2n) is 6.37. The maximum Gasteiger partial charge on any atom is 0.243 e. The first-order valence-electron chi connectivity index (χ1n) is 8.78. The molecular weight excluding hydrogens is 304 g/mol. The number of anilines is 1. The number of benzene rings is 1. The third-order valence-electron chi connectivity index (χ3n) is 4.67. The molecule has 0 spiro atoms. The zero-order valence-electron chi connectivity index (χ0n) is 14.5. The number of nitrogens with zero attached hydrogens (tertiary/aromatic N) is 4. The highest BCUT2D eigenvalue weighted by Gasteiger charge is 2.25. The van der Waals surface area contributed by atoms with Gasteiger partial charge in [0.15, 0.2) is 5.82 Å². The van der Waals surface area contributed by atoms with Crippen molar-refractivity contribution in [3.63, 3.8) is 0 Å². The molecular formula is C18H26N4O2. The first-order chi connectivity index (χ1) is 11.7. The van der Waals surface area contributed by atoms with Crippen LogP contribution in [0.4, 0.5) is 5.69 Å². The van der Waals surface area contributed by atoms with Gasteiger partial charge in [-0.05, 0) is 37.6 Å². The minimum Gasteiger partial charge on any atom is -0.508 e. The van der Waals surface area contributed by atoms with Crippen LogP contribution in [0.25, 0.3) is 0 Å². The van der Waals surface area contributed by atoms with Crippen LogP contribution in [0.2, 0.25) is 0 Å². The summed E-state index contributed by atoms with van der Waals surface area (Å²) in [5.74, 6) is 1.85. The Morgan fingerprint density at radius 2 is 1.88 bits per heavy atom. The first-order valence-corrected chi connectivity index (χ1v) is 8.78. The highest BCUT2D eigenvalue weighted by molar-refractivity contribution is 5.49. The van der Waals surface area contributed by atoms with Gasteiger partial charge in [0.25, 0.3) is 0 Å². The molecule has 1 atom stereocenters. The maximum atomic E-state index is 9.40. The summed E-state index contributed by atoms with van der Waals surface area (Å²) in [6.07, 6.45) is 3.12. The van der Waals surface area contributed by atoms with Gasteiger partial charge in [-0.3, -0.25) is 4.90 Å². The number of unbranched alkanes of at least 4 members (excludes halogenated alkanes) is 1. The fourth-order valence-corrected chi connectivity index (χ4v) is 3.06. The molecule has 2 heterocycles. The highest BCUT2D eigenvalue weighted by atomic mass is 16.5. The largest absolute Gasteiger partial charge is 0.508 e. The van der Waals surface area contributed by atoms with Crippen molar-refractivity contribution in [2.75, 3.05) is 31.1 Å². The fourth-order valence-electron chi connectivity index (χ4n) is 3.06. The average molecular weight is 330 g/mol. The molecule has 1 fully saturated rings. The number of hydrogen-bond donors (Lipinski definition) is 1. The van der Waals surface area contributed by atoms with Crippen molar-refractivity contribution in [2.45, 2.75) is 39.2 Å². The lowest BCUT2D eigenvalue weighted by Gasteiger charge is -2.38. The van der Waals surface area contributed by atoms with Gasteiger partial charge >= 0.3 is 0 Å². The second-order valence-corrected chi connectivity index (χ2v) is 6.37. The molecule has 1 aromatic heterocycles. The van der Waals surface area contributed by atoms with Crippen LogP contribution in [0, 0.1) is 0 Å². The quantitative estimate of drug-likeness (QED) is 0.878. The Labute approximate surface area is 143 Å². The lowest BCUT2D eigenvalue weighted by Crippen LogP contribution is -2.47. The van der Waals surface area contributed by atoms with Gasteiger partial charge in [-0.15, -0.1) is 0 Å². The van der Waals surface area contributed by atoms with E-state index in [1.54, 1.807) is 12.1 Å². The Kier molecular flexibility index (Phi) is 5.35. The number of rotatable bonds is 6. The zero-order valence-corrected chi connectivity index (χ0v) is 14.5. The topological polar surface area (TPSA) is 65.6 Å². The Morgan fingerprint density at radius 3 is 2.54 bits per heavy atom. The molecule has 1 aliphatic rings. The molecule has 6 nitrogen and oxygen atoms in total. The molecule has 1 aromatic carbocycles. The lowest BCUT2D eigenvalue weighted by atomic mass is 10.2. The Balaban J connectivity index is 1.55. The number of aromatic nitrogens is 2. The molecule has 0 aliphatic carbocycles. The molecule has 1 saturated heterocycles. The van der Waals surface area contributed by atoms with E-state index in [9.17, 15) is 5.11 Å². The van der Waals surface area contributed by atoms with Crippen molar-refractivity contribution >= 4 is 5.69 Å². The van der Waals surface area contributed by atoms with E-state index in [2.05, 4.69) is 33.8 Å². The van der Waals surface area contributed by atoms with E-state index >= 15 is 0 Å². The first kappa shape index (κ1) is 16.8. The number of hydrogen-bond acceptors (Lipinski definition) is 6. The molecule has 6 heteroatoms. The third kappa shape index (κ3) is 3.87. The van der Waals surface area contributed by atoms with E-state index in [4.69, 9.17) is 4.52 Å². The average Bonchev–Trinajstić information content (AvgIpc) is 3.09. The summed E-state index contributed by atoms with van der Waals surface area (Å²) in [6, 6.07) is 7.55. The molecule has 0 unspecified atom stereocenters. The number of aryl methyl sites for hydroxylation is 1. The van der Waals surface area contributed by atoms with Gasteiger partial charge in [0.1, 0.15) is 5.75 Å². The van der Waals surface area contributed by atoms with Crippen molar-refractivity contribution in [1.82, 2.24) is 15.0 Å². The van der Waals surface area contributed by atoms with Crippen molar-refractivity contribution < 1.29 is 9.63 Å². The number of phenols is 1. The van der Waals surface area contributed by atoms with Gasteiger partial charge in [-0.25, -0.2) is 0 Å². The van der Waals surface area contributed by atoms with Crippen LogP contribution in [0.1, 0.15) is 44.4 Å². The van der Waals surface area contributed by atoms with Crippen LogP contribution in [-0.4, -0.2) is 46.3 Å². The van der Waals surface area contributed by atoms with Gasteiger partial charge in [0.2, 0.25) is 5.89 Å². The number of phenolic OH excluding ortho intramolecular Hbond substituents is 1. The van der Waals surface area contributed by atoms with E-state index in [-0.39, 0.29) is 6.04 Å². The van der Waals surface area contributed by atoms with E-state index < -0.39 is 0 Å². The molecule has 130 valence electrons. The number of aromatic hydroxyl groups is 1. The zero-order chi connectivity index (χ0) is 16.9. The Hall–Kier alpha value is -2.08. The summed E-state index contributed by atoms with van der Waals surface area (Å²) >= 11 is 0. The molecule has 0 saturated carbocycles. The monoisotopic (exact) mass is 330 g/mol. The third-order valence-corrected chi connectivity index (χ3v) is 4.67. The minimum absolute atomic E-state index is 0.148. The minimum atomic E-state index is 0.148. The highest BCUT2D eigenvalue weighted by Crippen LogP contribution is 2.24. The molecule has 0 radical (unpaired) electrons. The van der Waals surface area contributed by atoms with Gasteiger partial charge in [-0.2, -0.15) is 4.98 Å². The molecule has 24 heavy (non-hydrogen) atoms. The van der Waals surface area contributed by atoms with Gasteiger partial charge in [-0.1, -0.05) is 18.5 Å². The van der Waals surface area contributed by atoms with Gasteiger partial charge < -0.3 is 14.5 Å². The van der Waals surface area contributed by atoms with E-state index in [0.717, 1.165) is 62.8 Å².